The van der Waals surface area contributed by atoms with E-state index in [1.54, 1.807) is 31.2 Å². The van der Waals surface area contributed by atoms with E-state index in [0.29, 0.717) is 10.6 Å². The van der Waals surface area contributed by atoms with Crippen LogP contribution in [0.4, 0.5) is 13.2 Å². The van der Waals surface area contributed by atoms with Crippen molar-refractivity contribution >= 4 is 29.3 Å². The van der Waals surface area contributed by atoms with Crippen LogP contribution in [-0.2, 0) is 11.0 Å². The van der Waals surface area contributed by atoms with E-state index in [1.807, 2.05) is 0 Å². The van der Waals surface area contributed by atoms with Crippen molar-refractivity contribution in [1.29, 1.82) is 0 Å². The number of para-hydroxylation sites is 1. The van der Waals surface area contributed by atoms with E-state index in [9.17, 15) is 18.0 Å². The third-order valence-corrected chi connectivity index (χ3v) is 5.52. The maximum atomic E-state index is 13.7. The Labute approximate surface area is 186 Å². The number of thioether (sulfide) groups is 1. The predicted molar refractivity (Wildman–Crippen MR) is 115 cm³/mol. The van der Waals surface area contributed by atoms with Gasteiger partial charge in [0.2, 0.25) is 5.91 Å². The second kappa shape index (κ2) is 9.57. The van der Waals surface area contributed by atoms with Gasteiger partial charge in [-0.2, -0.15) is 13.2 Å². The van der Waals surface area contributed by atoms with Crippen LogP contribution >= 0.6 is 23.4 Å². The maximum Gasteiger partial charge on any atom is 0.418 e. The molecule has 10 heteroatoms. The average molecular weight is 467 g/mol. The minimum absolute atomic E-state index is 0.142. The van der Waals surface area contributed by atoms with Crippen molar-refractivity contribution in [3.05, 3.63) is 71.8 Å². The quantitative estimate of drug-likeness (QED) is 0.374. The number of aromatic nitrogens is 3. The SMILES string of the molecule is C=CCNC(=O)C(C)Sc1nnc(-c2cccc(Cl)c2)n1-c1ccccc1C(F)(F)F. The highest BCUT2D eigenvalue weighted by Gasteiger charge is 2.35. The van der Waals surface area contributed by atoms with Crippen LogP contribution in [0.2, 0.25) is 5.02 Å². The molecule has 0 saturated carbocycles. The van der Waals surface area contributed by atoms with Gasteiger partial charge in [-0.3, -0.25) is 9.36 Å². The summed E-state index contributed by atoms with van der Waals surface area (Å²) in [7, 11) is 0. The van der Waals surface area contributed by atoms with E-state index >= 15 is 0 Å². The molecule has 0 radical (unpaired) electrons. The summed E-state index contributed by atoms with van der Waals surface area (Å²) >= 11 is 7.08. The van der Waals surface area contributed by atoms with Gasteiger partial charge in [0.05, 0.1) is 16.5 Å². The predicted octanol–water partition coefficient (Wildman–Crippen LogP) is 5.39. The molecular formula is C21H18ClF3N4OS. The van der Waals surface area contributed by atoms with Gasteiger partial charge in [-0.25, -0.2) is 0 Å². The second-order valence-electron chi connectivity index (χ2n) is 6.46. The number of rotatable bonds is 7. The van der Waals surface area contributed by atoms with Crippen LogP contribution in [0.3, 0.4) is 0 Å². The summed E-state index contributed by atoms with van der Waals surface area (Å²) in [6.07, 6.45) is -3.06. The number of carbonyl (C=O) groups is 1. The average Bonchev–Trinajstić information content (AvgIpc) is 3.14. The zero-order valence-corrected chi connectivity index (χ0v) is 17.9. The van der Waals surface area contributed by atoms with Gasteiger partial charge in [0.25, 0.3) is 0 Å². The Morgan fingerprint density at radius 3 is 2.68 bits per heavy atom. The number of halogens is 4. The number of nitrogens with zero attached hydrogens (tertiary/aromatic N) is 3. The van der Waals surface area contributed by atoms with E-state index in [-0.39, 0.29) is 29.1 Å². The van der Waals surface area contributed by atoms with Gasteiger partial charge in [-0.15, -0.1) is 16.8 Å². The van der Waals surface area contributed by atoms with Crippen molar-refractivity contribution in [3.63, 3.8) is 0 Å². The van der Waals surface area contributed by atoms with Gasteiger partial charge in [0, 0.05) is 17.1 Å². The van der Waals surface area contributed by atoms with Crippen LogP contribution in [0.5, 0.6) is 0 Å². The lowest BCUT2D eigenvalue weighted by molar-refractivity contribution is -0.137. The molecule has 0 saturated heterocycles. The van der Waals surface area contributed by atoms with Crippen LogP contribution in [0.15, 0.2) is 66.3 Å². The molecule has 1 N–H and O–H groups in total. The maximum absolute atomic E-state index is 13.7. The van der Waals surface area contributed by atoms with Crippen LogP contribution in [-0.4, -0.2) is 32.5 Å². The lowest BCUT2D eigenvalue weighted by Gasteiger charge is -2.17. The van der Waals surface area contributed by atoms with Crippen molar-refractivity contribution in [3.8, 4) is 17.1 Å². The minimum Gasteiger partial charge on any atom is -0.352 e. The Balaban J connectivity index is 2.14. The zero-order chi connectivity index (χ0) is 22.6. The van der Waals surface area contributed by atoms with Gasteiger partial charge < -0.3 is 5.32 Å². The van der Waals surface area contributed by atoms with Crippen LogP contribution in [0.25, 0.3) is 17.1 Å². The number of hydrogen-bond acceptors (Lipinski definition) is 4. The molecule has 0 fully saturated rings. The molecule has 3 rings (SSSR count). The molecule has 0 aliphatic rings. The van der Waals surface area contributed by atoms with Gasteiger partial charge >= 0.3 is 6.18 Å². The fourth-order valence-electron chi connectivity index (χ4n) is 2.81. The lowest BCUT2D eigenvalue weighted by atomic mass is 10.1. The number of amides is 1. The first-order chi connectivity index (χ1) is 14.7. The summed E-state index contributed by atoms with van der Waals surface area (Å²) in [5.74, 6) is -0.117. The van der Waals surface area contributed by atoms with Gasteiger partial charge in [0.15, 0.2) is 11.0 Å². The molecule has 0 aliphatic heterocycles. The van der Waals surface area contributed by atoms with Crippen molar-refractivity contribution in [2.75, 3.05) is 6.54 Å². The molecule has 3 aromatic rings. The molecule has 1 unspecified atom stereocenters. The molecule has 0 aliphatic carbocycles. The Morgan fingerprint density at radius 1 is 1.26 bits per heavy atom. The Morgan fingerprint density at radius 2 is 2.00 bits per heavy atom. The lowest BCUT2D eigenvalue weighted by Crippen LogP contribution is -2.31. The van der Waals surface area contributed by atoms with Crippen LogP contribution in [0, 0.1) is 0 Å². The number of nitrogens with one attached hydrogen (secondary N) is 1. The minimum atomic E-state index is -4.60. The van der Waals surface area contributed by atoms with E-state index in [4.69, 9.17) is 11.6 Å². The molecule has 31 heavy (non-hydrogen) atoms. The van der Waals surface area contributed by atoms with E-state index in [2.05, 4.69) is 22.1 Å². The Kier molecular flexibility index (Phi) is 7.07. The molecule has 2 aromatic carbocycles. The fraction of sp³-hybridized carbons (Fsp3) is 0.190. The van der Waals surface area contributed by atoms with Gasteiger partial charge in [0.1, 0.15) is 0 Å². The Hall–Kier alpha value is -2.78. The molecule has 1 atom stereocenters. The van der Waals surface area contributed by atoms with E-state index in [1.165, 1.54) is 28.8 Å². The van der Waals surface area contributed by atoms with Crippen molar-refractivity contribution in [1.82, 2.24) is 20.1 Å². The standard InChI is InChI=1S/C21H18ClF3N4OS/c1-3-11-26-19(30)13(2)31-20-28-27-18(14-7-6-8-15(22)12-14)29(20)17-10-5-4-9-16(17)21(23,24)25/h3-10,12-13H,1,11H2,2H3,(H,26,30). The van der Waals surface area contributed by atoms with Crippen molar-refractivity contribution < 1.29 is 18.0 Å². The number of hydrogen-bond donors (Lipinski definition) is 1. The number of benzene rings is 2. The molecule has 0 spiro atoms. The summed E-state index contributed by atoms with van der Waals surface area (Å²) in [4.78, 5) is 12.3. The third-order valence-electron chi connectivity index (χ3n) is 4.24. The molecule has 1 amide bonds. The summed E-state index contributed by atoms with van der Waals surface area (Å²) in [5.41, 5.74) is -0.493. The monoisotopic (exact) mass is 466 g/mol. The zero-order valence-electron chi connectivity index (χ0n) is 16.4. The largest absolute Gasteiger partial charge is 0.418 e. The first-order valence-corrected chi connectivity index (χ1v) is 10.4. The highest BCUT2D eigenvalue weighted by Crippen LogP contribution is 2.38. The Bertz CT molecular complexity index is 1100. The molecule has 162 valence electrons. The van der Waals surface area contributed by atoms with Gasteiger partial charge in [-0.05, 0) is 31.2 Å². The summed E-state index contributed by atoms with van der Waals surface area (Å²) < 4.78 is 42.5. The van der Waals surface area contributed by atoms with Gasteiger partial charge in [-0.1, -0.05) is 53.7 Å². The molecule has 1 heterocycles. The third kappa shape index (κ3) is 5.29. The normalized spacial score (nSPS) is 12.4. The smallest absolute Gasteiger partial charge is 0.352 e. The first-order valence-electron chi connectivity index (χ1n) is 9.15. The van der Waals surface area contributed by atoms with E-state index in [0.717, 1.165) is 17.8 Å². The molecule has 5 nitrogen and oxygen atoms in total. The highest BCUT2D eigenvalue weighted by atomic mass is 35.5. The highest BCUT2D eigenvalue weighted by molar-refractivity contribution is 8.00. The van der Waals surface area contributed by atoms with Crippen LogP contribution < -0.4 is 5.32 Å². The van der Waals surface area contributed by atoms with Crippen molar-refractivity contribution in [2.24, 2.45) is 0 Å². The number of carbonyl (C=O) groups excluding carboxylic acids is 1. The summed E-state index contributed by atoms with van der Waals surface area (Å²) in [6, 6.07) is 11.7. The second-order valence-corrected chi connectivity index (χ2v) is 8.21. The van der Waals surface area contributed by atoms with E-state index < -0.39 is 17.0 Å². The molecule has 0 bridgehead atoms. The first kappa shape index (κ1) is 22.9. The number of alkyl halides is 3. The summed E-state index contributed by atoms with van der Waals surface area (Å²) in [6.45, 7) is 5.46. The topological polar surface area (TPSA) is 59.8 Å². The molecule has 1 aromatic heterocycles. The molecular weight excluding hydrogens is 449 g/mol. The summed E-state index contributed by atoms with van der Waals surface area (Å²) in [5, 5.41) is 10.8. The van der Waals surface area contributed by atoms with Crippen LogP contribution in [0.1, 0.15) is 12.5 Å². The fourth-order valence-corrected chi connectivity index (χ4v) is 3.89. The van der Waals surface area contributed by atoms with Crippen molar-refractivity contribution in [2.45, 2.75) is 23.5 Å².